The van der Waals surface area contributed by atoms with Crippen molar-refractivity contribution in [2.45, 2.75) is 63.9 Å². The third kappa shape index (κ3) is 7.13. The van der Waals surface area contributed by atoms with Gasteiger partial charge in [0.15, 0.2) is 0 Å². The maximum atomic E-state index is 13.9. The van der Waals surface area contributed by atoms with Crippen LogP contribution in [0.2, 0.25) is 0 Å². The third-order valence-corrected chi connectivity index (χ3v) is 12.3. The van der Waals surface area contributed by atoms with Gasteiger partial charge in [0, 0.05) is 37.1 Å². The number of imidazole rings is 2. The predicted molar refractivity (Wildman–Crippen MR) is 227 cm³/mol. The molecular weight excluding hydrogens is 761 g/mol. The molecule has 0 aliphatic carbocycles. The molecule has 3 aliphatic rings. The fourth-order valence-corrected chi connectivity index (χ4v) is 9.25. The summed E-state index contributed by atoms with van der Waals surface area (Å²) in [5, 5.41) is 4.73. The highest BCUT2D eigenvalue weighted by molar-refractivity contribution is 6.07. The summed E-state index contributed by atoms with van der Waals surface area (Å²) in [5.74, 6) is 1.99. The number of carbonyl (C=O) groups excluding carboxylic acids is 3. The second kappa shape index (κ2) is 16.1. The Morgan fingerprint density at radius 3 is 2.57 bits per heavy atom. The van der Waals surface area contributed by atoms with E-state index in [0.29, 0.717) is 38.5 Å². The third-order valence-electron chi connectivity index (χ3n) is 12.3. The maximum absolute atomic E-state index is 13.9. The van der Waals surface area contributed by atoms with Crippen LogP contribution in [0.3, 0.4) is 0 Å². The normalized spacial score (nSPS) is 19.6. The Kier molecular flexibility index (Phi) is 10.5. The van der Waals surface area contributed by atoms with Crippen LogP contribution in [0, 0.1) is 11.8 Å². The number of hydrogen-bond donors (Lipinski definition) is 4. The molecule has 0 spiro atoms. The van der Waals surface area contributed by atoms with Crippen LogP contribution in [0.1, 0.15) is 74.0 Å². The van der Waals surface area contributed by atoms with Crippen LogP contribution in [0.15, 0.2) is 79.0 Å². The van der Waals surface area contributed by atoms with E-state index in [1.54, 1.807) is 7.11 Å². The molecule has 3 amide bonds. The first-order chi connectivity index (χ1) is 29.1. The first-order valence-electron chi connectivity index (χ1n) is 20.6. The number of nitrogens with zero attached hydrogens (tertiary/aromatic N) is 4. The van der Waals surface area contributed by atoms with Crippen molar-refractivity contribution in [3.05, 3.63) is 102 Å². The van der Waals surface area contributed by atoms with Gasteiger partial charge < -0.3 is 45.0 Å². The minimum atomic E-state index is -0.776. The van der Waals surface area contributed by atoms with Crippen LogP contribution in [-0.2, 0) is 25.7 Å². The number of ether oxygens (including phenoxy) is 3. The number of likely N-dealkylation sites (tertiary alicyclic amines) is 2. The van der Waals surface area contributed by atoms with E-state index in [-0.39, 0.29) is 35.7 Å². The van der Waals surface area contributed by atoms with Crippen LogP contribution in [0.5, 0.6) is 5.75 Å². The molecular formula is C46H50N8O6. The van der Waals surface area contributed by atoms with Crippen molar-refractivity contribution in [2.75, 3.05) is 33.9 Å². The molecule has 5 atom stereocenters. The highest BCUT2D eigenvalue weighted by Gasteiger charge is 2.40. The summed E-state index contributed by atoms with van der Waals surface area (Å²) in [4.78, 5) is 60.2. The number of benzene rings is 4. The summed E-state index contributed by atoms with van der Waals surface area (Å²) in [6.07, 6.45) is 3.51. The molecule has 60 heavy (non-hydrogen) atoms. The van der Waals surface area contributed by atoms with E-state index in [4.69, 9.17) is 29.9 Å². The lowest BCUT2D eigenvalue weighted by atomic mass is 9.92. The largest absolute Gasteiger partial charge is 0.488 e. The average molecular weight is 811 g/mol. The van der Waals surface area contributed by atoms with Gasteiger partial charge in [-0.3, -0.25) is 9.59 Å². The zero-order chi connectivity index (χ0) is 41.7. The number of aromatic nitrogens is 4. The number of amides is 3. The van der Waals surface area contributed by atoms with Crippen molar-refractivity contribution in [3.8, 4) is 28.1 Å². The van der Waals surface area contributed by atoms with Gasteiger partial charge in [-0.25, -0.2) is 14.8 Å². The molecule has 5 heterocycles. The number of nitrogens with two attached hydrogens (primary N) is 1. The predicted octanol–water partition coefficient (Wildman–Crippen LogP) is 6.95. The summed E-state index contributed by atoms with van der Waals surface area (Å²) >= 11 is 0. The van der Waals surface area contributed by atoms with Gasteiger partial charge >= 0.3 is 6.09 Å². The second-order valence-electron chi connectivity index (χ2n) is 16.5. The maximum Gasteiger partial charge on any atom is 0.407 e. The van der Waals surface area contributed by atoms with E-state index >= 15 is 0 Å². The minimum Gasteiger partial charge on any atom is -0.488 e. The van der Waals surface area contributed by atoms with Crippen LogP contribution >= 0.6 is 0 Å². The molecule has 1 unspecified atom stereocenters. The summed E-state index contributed by atoms with van der Waals surface area (Å²) in [6, 6.07) is 22.2. The van der Waals surface area contributed by atoms with Crippen molar-refractivity contribution in [2.24, 2.45) is 17.6 Å². The van der Waals surface area contributed by atoms with Crippen molar-refractivity contribution < 1.29 is 28.6 Å². The molecule has 6 aromatic rings. The number of H-pyrrole nitrogens is 2. The molecule has 9 rings (SSSR count). The monoisotopic (exact) mass is 810 g/mol. The number of methoxy groups -OCH3 is 2. The van der Waals surface area contributed by atoms with Crippen molar-refractivity contribution in [1.82, 2.24) is 35.1 Å². The fraction of sp³-hybridized carbons (Fsp3) is 0.370. The zero-order valence-corrected chi connectivity index (χ0v) is 34.2. The molecule has 3 aliphatic heterocycles. The summed E-state index contributed by atoms with van der Waals surface area (Å²) < 4.78 is 16.7. The number of fused-ring (bicyclic) bond motifs is 6. The minimum absolute atomic E-state index is 0.114. The molecule has 2 fully saturated rings. The Bertz CT molecular complexity index is 2590. The first-order valence-corrected chi connectivity index (χ1v) is 20.6. The lowest BCUT2D eigenvalue weighted by Crippen LogP contribution is -2.51. The Balaban J connectivity index is 0.970. The van der Waals surface area contributed by atoms with E-state index in [9.17, 15) is 14.4 Å². The van der Waals surface area contributed by atoms with Gasteiger partial charge in [0.25, 0.3) is 0 Å². The van der Waals surface area contributed by atoms with Crippen LogP contribution in [0.25, 0.3) is 44.2 Å². The molecule has 0 bridgehead atoms. The van der Waals surface area contributed by atoms with Crippen molar-refractivity contribution in [1.29, 1.82) is 0 Å². The second-order valence-corrected chi connectivity index (χ2v) is 16.5. The smallest absolute Gasteiger partial charge is 0.407 e. The lowest BCUT2D eigenvalue weighted by Gasteiger charge is -2.30. The van der Waals surface area contributed by atoms with E-state index < -0.39 is 18.2 Å². The van der Waals surface area contributed by atoms with Crippen LogP contribution < -0.4 is 15.8 Å². The summed E-state index contributed by atoms with van der Waals surface area (Å²) in [6.45, 7) is 5.87. The average Bonchev–Trinajstić information content (AvgIpc) is 4.10. The number of nitrogens with one attached hydrogen (secondary N) is 3. The number of hydrogen-bond acceptors (Lipinski definition) is 9. The van der Waals surface area contributed by atoms with Gasteiger partial charge in [-0.15, -0.1) is 0 Å². The van der Waals surface area contributed by atoms with E-state index in [1.165, 1.54) is 7.11 Å². The van der Waals surface area contributed by atoms with Crippen molar-refractivity contribution in [3.63, 3.8) is 0 Å². The number of aromatic amines is 2. The van der Waals surface area contributed by atoms with Crippen molar-refractivity contribution >= 4 is 39.7 Å². The van der Waals surface area contributed by atoms with E-state index in [2.05, 4.69) is 51.7 Å². The van der Waals surface area contributed by atoms with Gasteiger partial charge in [0.1, 0.15) is 36.1 Å². The molecule has 0 radical (unpaired) electrons. The lowest BCUT2D eigenvalue weighted by molar-refractivity contribution is -0.135. The number of carbonyl (C=O) groups is 3. The molecule has 14 nitrogen and oxygen atoms in total. The molecule has 310 valence electrons. The molecule has 2 aromatic heterocycles. The standard InChI is InChI=1S/C46H50N8O6/c1-25(2)40(52-46(57)59-4)45(56)53-16-8-11-36(53)42-48-21-35(50-42)29-12-14-31-30(18-29)24-60-38-20-32-28(19-33(31)38)13-15-34-41(32)51-43(49-34)37-17-26(23-58-3)22-54(37)44(55)39(47)27-9-6-5-7-10-27/h5-7,9-10,12-15,18-21,25-26,36-37,39-40H,8,11,16-17,22-24,47H2,1-4H3,(H,48,50)(H,49,51)(H,52,57)/t26-,36-,37-,39+,40?/m0/s1. The Labute approximate surface area is 347 Å². The van der Waals surface area contributed by atoms with Crippen LogP contribution in [0.4, 0.5) is 4.79 Å². The van der Waals surface area contributed by atoms with E-state index in [0.717, 1.165) is 79.7 Å². The molecule has 4 aromatic carbocycles. The molecule has 14 heteroatoms. The Morgan fingerprint density at radius 2 is 1.78 bits per heavy atom. The van der Waals surface area contributed by atoms with E-state index in [1.807, 2.05) is 66.2 Å². The number of rotatable bonds is 10. The molecule has 0 saturated carbocycles. The number of alkyl carbamates (subject to hydrolysis) is 1. The van der Waals surface area contributed by atoms with Gasteiger partial charge in [-0.1, -0.05) is 62.4 Å². The summed E-state index contributed by atoms with van der Waals surface area (Å²) in [5.41, 5.74) is 14.0. The fourth-order valence-electron chi connectivity index (χ4n) is 9.25. The Hall–Kier alpha value is -6.25. The Morgan fingerprint density at radius 1 is 0.950 bits per heavy atom. The zero-order valence-electron chi connectivity index (χ0n) is 34.2. The molecule has 2 saturated heterocycles. The van der Waals surface area contributed by atoms with Gasteiger partial charge in [-0.2, -0.15) is 0 Å². The van der Waals surface area contributed by atoms with Gasteiger partial charge in [-0.05, 0) is 77.1 Å². The van der Waals surface area contributed by atoms with Gasteiger partial charge in [0.05, 0.1) is 48.7 Å². The first kappa shape index (κ1) is 39.2. The topological polar surface area (TPSA) is 181 Å². The summed E-state index contributed by atoms with van der Waals surface area (Å²) in [7, 11) is 2.98. The SMILES string of the molecule is COC[C@H]1C[C@@H](c2nc3ccc4cc5c(cc4c3[nH]2)OCc2cc(-c3cnc([C@@H]4CCCN4C(=O)C(NC(=O)OC)C(C)C)[nH]3)ccc2-5)N(C(=O)[C@H](N)c2ccccc2)C1. The highest BCUT2D eigenvalue weighted by atomic mass is 16.5. The quantitative estimate of drug-likeness (QED) is 0.114. The van der Waals surface area contributed by atoms with Gasteiger partial charge in [0.2, 0.25) is 11.8 Å². The molecule has 5 N–H and O–H groups in total. The highest BCUT2D eigenvalue weighted by Crippen LogP contribution is 2.44. The van der Waals surface area contributed by atoms with Crippen LogP contribution in [-0.4, -0.2) is 87.6 Å².